The molecular formula is C27H45NO7. The molecule has 0 radical (unpaired) electrons. The van der Waals surface area contributed by atoms with E-state index in [2.05, 4.69) is 12.1 Å². The topological polar surface area (TPSA) is 154 Å². The van der Waals surface area contributed by atoms with E-state index in [4.69, 9.17) is 0 Å². The summed E-state index contributed by atoms with van der Waals surface area (Å²) < 4.78 is 0. The van der Waals surface area contributed by atoms with E-state index in [-0.39, 0.29) is 24.2 Å². The molecule has 0 spiro atoms. The van der Waals surface area contributed by atoms with E-state index in [1.54, 1.807) is 26.8 Å². The summed E-state index contributed by atoms with van der Waals surface area (Å²) in [7, 11) is 0. The van der Waals surface area contributed by atoms with E-state index in [1.165, 1.54) is 0 Å². The zero-order valence-corrected chi connectivity index (χ0v) is 21.8. The van der Waals surface area contributed by atoms with Gasteiger partial charge in [-0.3, -0.25) is 0 Å². The lowest BCUT2D eigenvalue weighted by molar-refractivity contribution is -0.172. The standard InChI is InChI=1S/C27H45NO7/c1-23(2,32)9-8-22(31)26(5,33)21-7-11-27(34)16-12-18(28-35)17-13-19(29)20(30)14-24(17,3)15(16)6-10-25(21,27)4/h12,15,17,19-22,29-35H,6-11,13-14H2,1-5H3/b28-18-/t15-,17+,19-,20+,21-,22+,24-,25-,26-,27-/m1/s1. The number of allylic oxidation sites excluding steroid dienone is 1. The molecule has 0 aromatic rings. The molecule has 10 atom stereocenters. The molecule has 200 valence electrons. The molecule has 0 heterocycles. The molecule has 0 unspecified atom stereocenters. The molecule has 0 aliphatic heterocycles. The zero-order chi connectivity index (χ0) is 26.2. The molecule has 4 rings (SSSR count). The van der Waals surface area contributed by atoms with E-state index < -0.39 is 45.9 Å². The summed E-state index contributed by atoms with van der Waals surface area (Å²) in [5.41, 5.74) is -3.66. The van der Waals surface area contributed by atoms with E-state index in [0.717, 1.165) is 12.0 Å². The van der Waals surface area contributed by atoms with Gasteiger partial charge in [0.25, 0.3) is 0 Å². The lowest BCUT2D eigenvalue weighted by Gasteiger charge is -2.61. The number of rotatable bonds is 5. The van der Waals surface area contributed by atoms with Gasteiger partial charge in [0.05, 0.1) is 40.8 Å². The number of hydrogen-bond acceptors (Lipinski definition) is 8. The molecule has 0 aromatic carbocycles. The molecule has 0 aromatic heterocycles. The van der Waals surface area contributed by atoms with Gasteiger partial charge in [-0.1, -0.05) is 19.0 Å². The van der Waals surface area contributed by atoms with Crippen molar-refractivity contribution in [3.8, 4) is 0 Å². The predicted molar refractivity (Wildman–Crippen MR) is 131 cm³/mol. The van der Waals surface area contributed by atoms with Crippen LogP contribution in [-0.2, 0) is 0 Å². The van der Waals surface area contributed by atoms with Crippen molar-refractivity contribution in [1.82, 2.24) is 0 Å². The Labute approximate surface area is 208 Å². The van der Waals surface area contributed by atoms with Crippen LogP contribution in [0.2, 0.25) is 0 Å². The maximum absolute atomic E-state index is 12.3. The number of nitrogens with zero attached hydrogens (tertiary/aromatic N) is 1. The summed E-state index contributed by atoms with van der Waals surface area (Å²) in [6, 6.07) is 0. The van der Waals surface area contributed by atoms with Gasteiger partial charge in [0, 0.05) is 11.3 Å². The molecule has 3 fully saturated rings. The van der Waals surface area contributed by atoms with Crippen LogP contribution in [0.3, 0.4) is 0 Å². The fourth-order valence-corrected chi connectivity index (χ4v) is 8.44. The van der Waals surface area contributed by atoms with Gasteiger partial charge in [-0.15, -0.1) is 0 Å². The van der Waals surface area contributed by atoms with Gasteiger partial charge < -0.3 is 35.8 Å². The van der Waals surface area contributed by atoms with Crippen LogP contribution >= 0.6 is 0 Å². The second-order valence-electron chi connectivity index (χ2n) is 13.3. The van der Waals surface area contributed by atoms with E-state index in [9.17, 15) is 35.8 Å². The van der Waals surface area contributed by atoms with Gasteiger partial charge >= 0.3 is 0 Å². The normalized spacial score (nSPS) is 47.3. The van der Waals surface area contributed by atoms with E-state index in [0.29, 0.717) is 44.2 Å². The highest BCUT2D eigenvalue weighted by Gasteiger charge is 2.68. The van der Waals surface area contributed by atoms with E-state index in [1.807, 2.05) is 6.92 Å². The first-order valence-corrected chi connectivity index (χ1v) is 13.2. The van der Waals surface area contributed by atoms with Gasteiger partial charge in [0.1, 0.15) is 0 Å². The van der Waals surface area contributed by atoms with Crippen molar-refractivity contribution in [1.29, 1.82) is 0 Å². The Morgan fingerprint density at radius 1 is 1.06 bits per heavy atom. The molecule has 35 heavy (non-hydrogen) atoms. The number of fused-ring (bicyclic) bond motifs is 5. The van der Waals surface area contributed by atoms with Crippen molar-refractivity contribution in [3.05, 3.63) is 11.6 Å². The van der Waals surface area contributed by atoms with Crippen molar-refractivity contribution in [3.63, 3.8) is 0 Å². The first-order chi connectivity index (χ1) is 16.0. The minimum Gasteiger partial charge on any atom is -0.411 e. The van der Waals surface area contributed by atoms with Gasteiger partial charge in [0.2, 0.25) is 0 Å². The molecule has 0 saturated heterocycles. The SMILES string of the molecule is CC(C)(O)CC[C@H](O)[C@](C)(O)[C@@H]1CC[C@@]2(O)C3=C/C(=N/O)[C@@H]4C[C@@H](O)[C@@H](O)C[C@]4(C)[C@@H]3CC[C@]12C. The third-order valence-corrected chi connectivity index (χ3v) is 10.7. The summed E-state index contributed by atoms with van der Waals surface area (Å²) in [4.78, 5) is 0. The van der Waals surface area contributed by atoms with Crippen molar-refractivity contribution in [2.45, 2.75) is 121 Å². The highest BCUT2D eigenvalue weighted by Crippen LogP contribution is 2.68. The molecule has 8 nitrogen and oxygen atoms in total. The largest absolute Gasteiger partial charge is 0.411 e. The predicted octanol–water partition coefficient (Wildman–Crippen LogP) is 2.12. The van der Waals surface area contributed by atoms with Crippen LogP contribution in [0.4, 0.5) is 0 Å². The summed E-state index contributed by atoms with van der Waals surface area (Å²) in [5, 5.41) is 79.3. The van der Waals surface area contributed by atoms with Crippen LogP contribution in [0.1, 0.15) is 86.0 Å². The third kappa shape index (κ3) is 3.99. The summed E-state index contributed by atoms with van der Waals surface area (Å²) in [5.74, 6) is -0.656. The fourth-order valence-electron chi connectivity index (χ4n) is 8.44. The Morgan fingerprint density at radius 3 is 2.31 bits per heavy atom. The van der Waals surface area contributed by atoms with E-state index >= 15 is 0 Å². The van der Waals surface area contributed by atoms with Crippen LogP contribution in [0.15, 0.2) is 16.8 Å². The first kappa shape index (κ1) is 27.0. The minimum absolute atomic E-state index is 0.0537. The Bertz CT molecular complexity index is 894. The van der Waals surface area contributed by atoms with Crippen LogP contribution < -0.4 is 0 Å². The highest BCUT2D eigenvalue weighted by molar-refractivity contribution is 5.99. The number of hydrogen-bond donors (Lipinski definition) is 7. The first-order valence-electron chi connectivity index (χ1n) is 13.2. The van der Waals surface area contributed by atoms with Gasteiger partial charge in [-0.05, 0) is 101 Å². The van der Waals surface area contributed by atoms with Crippen LogP contribution in [-0.4, -0.2) is 76.7 Å². The van der Waals surface area contributed by atoms with Crippen molar-refractivity contribution < 1.29 is 35.8 Å². The molecule has 0 bridgehead atoms. The smallest absolute Gasteiger partial charge is 0.0920 e. The molecule has 8 heteroatoms. The number of oxime groups is 1. The Kier molecular flexibility index (Phi) is 6.56. The van der Waals surface area contributed by atoms with Crippen molar-refractivity contribution in [2.24, 2.45) is 33.7 Å². The molecule has 3 saturated carbocycles. The average molecular weight is 496 g/mol. The lowest BCUT2D eigenvalue weighted by Crippen LogP contribution is -2.62. The summed E-state index contributed by atoms with van der Waals surface area (Å²) in [6.07, 6.45) is 2.53. The van der Waals surface area contributed by atoms with Crippen LogP contribution in [0.25, 0.3) is 0 Å². The molecule has 0 amide bonds. The maximum Gasteiger partial charge on any atom is 0.0920 e. The van der Waals surface area contributed by atoms with Gasteiger partial charge in [-0.25, -0.2) is 0 Å². The van der Waals surface area contributed by atoms with Crippen LogP contribution in [0.5, 0.6) is 0 Å². The molecule has 7 N–H and O–H groups in total. The average Bonchev–Trinajstić information content (AvgIpc) is 3.04. The second-order valence-corrected chi connectivity index (χ2v) is 13.3. The van der Waals surface area contributed by atoms with Gasteiger partial charge in [-0.2, -0.15) is 0 Å². The fraction of sp³-hybridized carbons (Fsp3) is 0.889. The minimum atomic E-state index is -1.46. The molecule has 4 aliphatic rings. The van der Waals surface area contributed by atoms with Gasteiger partial charge in [0.15, 0.2) is 0 Å². The van der Waals surface area contributed by atoms with Crippen molar-refractivity contribution >= 4 is 5.71 Å². The quantitative estimate of drug-likeness (QED) is 0.228. The third-order valence-electron chi connectivity index (χ3n) is 10.7. The number of aliphatic hydroxyl groups excluding tert-OH is 3. The van der Waals surface area contributed by atoms with Crippen LogP contribution in [0, 0.1) is 28.6 Å². The molecule has 4 aliphatic carbocycles. The zero-order valence-electron chi connectivity index (χ0n) is 21.8. The summed E-state index contributed by atoms with van der Waals surface area (Å²) >= 11 is 0. The highest BCUT2D eigenvalue weighted by atomic mass is 16.4. The molecular weight excluding hydrogens is 450 g/mol. The Balaban J connectivity index is 1.70. The summed E-state index contributed by atoms with van der Waals surface area (Å²) in [6.45, 7) is 9.04. The monoisotopic (exact) mass is 495 g/mol. The van der Waals surface area contributed by atoms with Crippen molar-refractivity contribution in [2.75, 3.05) is 0 Å². The Morgan fingerprint density at radius 2 is 1.71 bits per heavy atom. The second kappa shape index (κ2) is 8.50. The lowest BCUT2D eigenvalue weighted by atomic mass is 9.45. The number of aliphatic hydroxyl groups is 6. The maximum atomic E-state index is 12.3. The Hall–Kier alpha value is -1.03.